The van der Waals surface area contributed by atoms with E-state index in [1.165, 1.54) is 14.2 Å². The lowest BCUT2D eigenvalue weighted by molar-refractivity contribution is -0.323. The van der Waals surface area contributed by atoms with Crippen LogP contribution in [-0.4, -0.2) is 96.4 Å². The van der Waals surface area contributed by atoms with Crippen LogP contribution in [0.15, 0.2) is 11.6 Å². The molecule has 0 aromatic rings. The number of methoxy groups -OCH3 is 2. The van der Waals surface area contributed by atoms with E-state index in [1.807, 2.05) is 0 Å². The molecule has 0 aromatic heterocycles. The van der Waals surface area contributed by atoms with Crippen molar-refractivity contribution in [2.24, 2.45) is 28.6 Å². The molecule has 2 heterocycles. The predicted octanol–water partition coefficient (Wildman–Crippen LogP) is 2.06. The van der Waals surface area contributed by atoms with E-state index in [1.54, 1.807) is 13.0 Å². The summed E-state index contributed by atoms with van der Waals surface area (Å²) in [7, 11) is 3.04. The minimum atomic E-state index is -1.27. The maximum atomic E-state index is 13.1. The first kappa shape index (κ1) is 29.7. The van der Waals surface area contributed by atoms with Gasteiger partial charge in [-0.3, -0.25) is 0 Å². The Morgan fingerprint density at radius 2 is 1.73 bits per heavy atom. The van der Waals surface area contributed by atoms with Gasteiger partial charge in [0.05, 0.1) is 28.8 Å². The second-order valence-electron chi connectivity index (χ2n) is 13.8. The van der Waals surface area contributed by atoms with Crippen LogP contribution >= 0.6 is 0 Å². The first-order valence-electron chi connectivity index (χ1n) is 15.3. The van der Waals surface area contributed by atoms with Gasteiger partial charge < -0.3 is 43.8 Å². The number of hydrogen-bond acceptors (Lipinski definition) is 10. The molecular weight excluding hydrogens is 532 g/mol. The Hall–Kier alpha value is -1.40. The average molecular weight is 579 g/mol. The van der Waals surface area contributed by atoms with Crippen molar-refractivity contribution < 1.29 is 48.6 Å². The summed E-state index contributed by atoms with van der Waals surface area (Å²) in [5.41, 5.74) is -2.66. The lowest BCUT2D eigenvalue weighted by Gasteiger charge is -2.65. The van der Waals surface area contributed by atoms with Gasteiger partial charge in [-0.15, -0.1) is 0 Å². The van der Waals surface area contributed by atoms with Gasteiger partial charge in [0.15, 0.2) is 6.29 Å². The number of fused-ring (bicyclic) bond motifs is 5. The number of aliphatic hydroxyl groups is 3. The normalized spacial score (nSPS) is 53.1. The van der Waals surface area contributed by atoms with Crippen LogP contribution in [0.25, 0.3) is 0 Å². The van der Waals surface area contributed by atoms with E-state index in [-0.39, 0.29) is 36.2 Å². The van der Waals surface area contributed by atoms with Crippen molar-refractivity contribution in [3.05, 3.63) is 11.6 Å². The van der Waals surface area contributed by atoms with Gasteiger partial charge in [0, 0.05) is 32.1 Å². The molecule has 0 aromatic carbocycles. The number of carbonyl (C=O) groups excluding carboxylic acids is 2. The topological polar surface area (TPSA) is 141 Å². The number of esters is 1. The van der Waals surface area contributed by atoms with Crippen LogP contribution in [0.3, 0.4) is 0 Å². The summed E-state index contributed by atoms with van der Waals surface area (Å²) in [6.45, 7) is 4.20. The highest BCUT2D eigenvalue weighted by molar-refractivity contribution is 5.85. The highest BCUT2D eigenvalue weighted by Gasteiger charge is 2.71. The summed E-state index contributed by atoms with van der Waals surface area (Å²) in [5.74, 6) is -0.499. The second-order valence-corrected chi connectivity index (χ2v) is 13.8. The zero-order valence-electron chi connectivity index (χ0n) is 24.6. The monoisotopic (exact) mass is 578 g/mol. The van der Waals surface area contributed by atoms with E-state index in [2.05, 4.69) is 6.92 Å². The van der Waals surface area contributed by atoms with Crippen molar-refractivity contribution in [1.29, 1.82) is 0 Å². The molecule has 4 aliphatic carbocycles. The van der Waals surface area contributed by atoms with Crippen LogP contribution in [0.4, 0.5) is 0 Å². The zero-order chi connectivity index (χ0) is 29.4. The van der Waals surface area contributed by atoms with E-state index < -0.39 is 52.7 Å². The van der Waals surface area contributed by atoms with Crippen molar-refractivity contribution in [3.63, 3.8) is 0 Å². The molecule has 13 atom stereocenters. The molecule has 0 spiro atoms. The van der Waals surface area contributed by atoms with Crippen molar-refractivity contribution >= 4 is 12.3 Å². The van der Waals surface area contributed by atoms with E-state index >= 15 is 0 Å². The fraction of sp³-hybridized carbons (Fsp3) is 0.871. The number of cyclic esters (lactones) is 1. The van der Waals surface area contributed by atoms with Gasteiger partial charge in [-0.05, 0) is 81.6 Å². The molecule has 0 amide bonds. The molecule has 6 rings (SSSR count). The average Bonchev–Trinajstić information content (AvgIpc) is 3.49. The van der Waals surface area contributed by atoms with Crippen molar-refractivity contribution in [3.8, 4) is 0 Å². The number of rotatable bonds is 6. The lowest BCUT2D eigenvalue weighted by Crippen LogP contribution is -2.69. The molecule has 10 nitrogen and oxygen atoms in total. The van der Waals surface area contributed by atoms with Gasteiger partial charge in [-0.25, -0.2) is 4.79 Å². The Balaban J connectivity index is 1.22. The number of aldehydes is 1. The summed E-state index contributed by atoms with van der Waals surface area (Å²) in [6, 6.07) is 0. The zero-order valence-corrected chi connectivity index (χ0v) is 24.6. The predicted molar refractivity (Wildman–Crippen MR) is 144 cm³/mol. The summed E-state index contributed by atoms with van der Waals surface area (Å²) in [5, 5.41) is 35.2. The number of aliphatic hydroxyl groups excluding tert-OH is 1. The van der Waals surface area contributed by atoms with Crippen LogP contribution in [0, 0.1) is 28.6 Å². The fourth-order valence-electron chi connectivity index (χ4n) is 10.2. The Kier molecular flexibility index (Phi) is 7.49. The number of ether oxygens (including phenoxy) is 5. The van der Waals surface area contributed by atoms with Gasteiger partial charge in [0.1, 0.15) is 31.2 Å². The quantitative estimate of drug-likeness (QED) is 0.244. The smallest absolute Gasteiger partial charge is 0.331 e. The molecule has 0 radical (unpaired) electrons. The summed E-state index contributed by atoms with van der Waals surface area (Å²) in [6.07, 6.45) is 3.93. The first-order valence-corrected chi connectivity index (χ1v) is 15.3. The van der Waals surface area contributed by atoms with E-state index in [9.17, 15) is 24.9 Å². The third-order valence-electron chi connectivity index (χ3n) is 12.5. The summed E-state index contributed by atoms with van der Waals surface area (Å²) >= 11 is 0. The first-order chi connectivity index (χ1) is 19.5. The Labute approximate surface area is 241 Å². The maximum absolute atomic E-state index is 13.1. The summed E-state index contributed by atoms with van der Waals surface area (Å²) in [4.78, 5) is 24.9. The third-order valence-corrected chi connectivity index (χ3v) is 12.5. The molecule has 2 unspecified atom stereocenters. The largest absolute Gasteiger partial charge is 0.458 e. The third kappa shape index (κ3) is 4.15. The molecule has 10 heteroatoms. The Morgan fingerprint density at radius 1 is 1.00 bits per heavy atom. The minimum Gasteiger partial charge on any atom is -0.458 e. The van der Waals surface area contributed by atoms with Gasteiger partial charge in [0.2, 0.25) is 0 Å². The van der Waals surface area contributed by atoms with Crippen LogP contribution in [-0.2, 0) is 33.3 Å². The van der Waals surface area contributed by atoms with Crippen LogP contribution < -0.4 is 0 Å². The van der Waals surface area contributed by atoms with Crippen LogP contribution in [0.5, 0.6) is 0 Å². The van der Waals surface area contributed by atoms with Crippen molar-refractivity contribution in [2.45, 2.75) is 120 Å². The summed E-state index contributed by atoms with van der Waals surface area (Å²) < 4.78 is 28.7. The molecule has 1 saturated heterocycles. The Bertz CT molecular complexity index is 1080. The highest BCUT2D eigenvalue weighted by atomic mass is 16.7. The molecule has 0 bridgehead atoms. The lowest BCUT2D eigenvalue weighted by atomic mass is 9.41. The van der Waals surface area contributed by atoms with E-state index in [0.717, 1.165) is 31.1 Å². The van der Waals surface area contributed by atoms with Crippen LogP contribution in [0.1, 0.15) is 71.6 Å². The highest BCUT2D eigenvalue weighted by Crippen LogP contribution is 2.70. The maximum Gasteiger partial charge on any atom is 0.331 e. The van der Waals surface area contributed by atoms with E-state index in [0.29, 0.717) is 38.7 Å². The molecule has 5 fully saturated rings. The van der Waals surface area contributed by atoms with E-state index in [4.69, 9.17) is 23.7 Å². The molecule has 230 valence electrons. The SMILES string of the molecule is CO[C@H]1[C@H](OC2CC[C@]3(C=O)[C@H]4CC[C@]5(C)[C@@H](C6=CC(=O)OC6)CC[C@]5(O)[C@@H]4CCC3(O)C2)O[C@H](C)[C@H](O)[C@@H]1OC. The van der Waals surface area contributed by atoms with Gasteiger partial charge in [-0.1, -0.05) is 6.92 Å². The van der Waals surface area contributed by atoms with Gasteiger partial charge in [-0.2, -0.15) is 0 Å². The second kappa shape index (κ2) is 10.4. The molecule has 6 aliphatic rings. The number of carbonyl (C=O) groups is 2. The van der Waals surface area contributed by atoms with Gasteiger partial charge in [0.25, 0.3) is 0 Å². The molecule has 2 aliphatic heterocycles. The van der Waals surface area contributed by atoms with Crippen molar-refractivity contribution in [1.82, 2.24) is 0 Å². The molecular formula is C31H46O10. The molecule has 3 N–H and O–H groups in total. The molecule has 4 saturated carbocycles. The minimum absolute atomic E-state index is 0.0677. The Morgan fingerprint density at radius 3 is 2.39 bits per heavy atom. The fourth-order valence-corrected chi connectivity index (χ4v) is 10.2. The van der Waals surface area contributed by atoms with Crippen molar-refractivity contribution in [2.75, 3.05) is 20.8 Å². The van der Waals surface area contributed by atoms with Crippen LogP contribution in [0.2, 0.25) is 0 Å². The standard InChI is InChI=1S/C31H46O10/c1-17-24(34)25(37-3)26(38-4)27(40-17)41-19-5-10-29(16-32)21-6-9-28(2)20(18-13-23(33)39-15-18)8-12-31(28,36)22(21)7-11-30(29,35)14-19/h13,16-17,19-22,24-27,34-36H,5-12,14-15H2,1-4H3/t17-,19?,20-,21+,22-,24+,25+,26-,27+,28-,29+,30?,31+/m1/s1. The number of hydrogen-bond donors (Lipinski definition) is 3. The van der Waals surface area contributed by atoms with Gasteiger partial charge >= 0.3 is 5.97 Å². The molecule has 41 heavy (non-hydrogen) atoms.